The Morgan fingerprint density at radius 3 is 1.29 bits per heavy atom. The van der Waals surface area contributed by atoms with E-state index in [0.29, 0.717) is 36.0 Å². The van der Waals surface area contributed by atoms with Gasteiger partial charge in [-0.25, -0.2) is 9.97 Å². The van der Waals surface area contributed by atoms with Crippen LogP contribution >= 0.6 is 54.0 Å². The number of nitrogens with two attached hydrogens (primary N) is 2. The lowest BCUT2D eigenvalue weighted by atomic mass is 9.99. The first-order valence-corrected chi connectivity index (χ1v) is 16.2. The van der Waals surface area contributed by atoms with Gasteiger partial charge < -0.3 is 22.1 Å². The van der Waals surface area contributed by atoms with Crippen molar-refractivity contribution in [1.29, 1.82) is 0 Å². The molecular formula is C34H66N10S4. The molecule has 0 aromatic carbocycles. The summed E-state index contributed by atoms with van der Waals surface area (Å²) in [4.78, 5) is 9.53. The highest BCUT2D eigenvalue weighted by Gasteiger charge is 2.24. The highest BCUT2D eigenvalue weighted by atomic mass is 32.1. The van der Waals surface area contributed by atoms with Crippen molar-refractivity contribution in [3.05, 3.63) is 48.0 Å². The third-order valence-electron chi connectivity index (χ3n) is 9.22. The van der Waals surface area contributed by atoms with E-state index >= 15 is 0 Å². The number of nitrogens with zero attached hydrogens (tertiary/aromatic N) is 6. The maximum atomic E-state index is 6.02. The van der Waals surface area contributed by atoms with Gasteiger partial charge in [-0.05, 0) is 64.2 Å². The van der Waals surface area contributed by atoms with Crippen molar-refractivity contribution in [1.82, 2.24) is 29.2 Å². The molecule has 0 spiro atoms. The molecule has 2 saturated carbocycles. The van der Waals surface area contributed by atoms with Crippen LogP contribution in [0.4, 0.5) is 11.6 Å². The first-order chi connectivity index (χ1) is 20.4. The van der Waals surface area contributed by atoms with E-state index in [1.807, 2.05) is 33.6 Å². The molecule has 4 aromatic rings. The van der Waals surface area contributed by atoms with Gasteiger partial charge in [-0.2, -0.15) is 73.2 Å². The normalized spacial score (nSPS) is 19.5. The van der Waals surface area contributed by atoms with Crippen LogP contribution in [0.2, 0.25) is 0 Å². The van der Waals surface area contributed by atoms with E-state index < -0.39 is 0 Å². The Hall–Kier alpha value is -1.84. The molecule has 0 aliphatic heterocycles. The Bertz CT molecular complexity index is 1330. The fourth-order valence-corrected chi connectivity index (χ4v) is 6.62. The van der Waals surface area contributed by atoms with Gasteiger partial charge in [0.2, 0.25) is 0 Å². The lowest BCUT2D eigenvalue weighted by Gasteiger charge is -2.18. The molecule has 14 heteroatoms. The highest BCUT2D eigenvalue weighted by Crippen LogP contribution is 2.28. The molecule has 4 heterocycles. The maximum Gasteiger partial charge on any atom is 0.157 e. The first kappa shape index (κ1) is 48.3. The third-order valence-corrected chi connectivity index (χ3v) is 9.22. The van der Waals surface area contributed by atoms with Crippen LogP contribution in [0.25, 0.3) is 11.3 Å². The fraction of sp³-hybridized carbons (Fsp3) is 0.647. The monoisotopic (exact) mass is 742 g/mol. The molecule has 0 unspecified atom stereocenters. The van der Waals surface area contributed by atoms with Crippen molar-refractivity contribution in [2.24, 2.45) is 11.5 Å². The number of fused-ring (bicyclic) bond motifs is 2. The number of aromatic nitrogens is 6. The van der Waals surface area contributed by atoms with Crippen molar-refractivity contribution in [3.8, 4) is 0 Å². The number of hydrogen-bond acceptors (Lipinski definition) is 8. The van der Waals surface area contributed by atoms with Crippen LogP contribution in [0.1, 0.15) is 130 Å². The molecule has 6 N–H and O–H groups in total. The van der Waals surface area contributed by atoms with E-state index in [2.05, 4.69) is 60.7 Å². The number of rotatable bonds is 10. The molecule has 10 nitrogen and oxygen atoms in total. The van der Waals surface area contributed by atoms with Crippen LogP contribution in [0.5, 0.6) is 0 Å². The summed E-state index contributed by atoms with van der Waals surface area (Å²) in [5.41, 5.74) is 16.2. The van der Waals surface area contributed by atoms with Gasteiger partial charge in [-0.3, -0.25) is 0 Å². The summed E-state index contributed by atoms with van der Waals surface area (Å²) in [5.74, 6) is 3.12. The zero-order chi connectivity index (χ0) is 29.6. The molecule has 0 saturated heterocycles. The first-order valence-electron chi connectivity index (χ1n) is 16.2. The second kappa shape index (κ2) is 22.8. The lowest BCUT2D eigenvalue weighted by molar-refractivity contribution is 0.621. The SMILES string of the molecule is C.C.CCC(CC)c1cc(N[C@H]2CC[C@H](N)C2)n2nccc2n1.CCC(CC)c1cc(N[C@H]2CC[C@H](N)C2)n2nccc2n1.S.S.S.S. The standard InChI is InChI=1S/2C16H25N5.2CH4.4H2S/c2*1-3-11(4-2)14-10-16(19-13-6-5-12(17)9-13)21-15(20-14)7-8-18-21;;;;;;/h2*7-8,10-13,19H,3-6,9,17H2,1-2H3;2*1H4;4*1H2/t2*12-,13-;;;;;;/m00....../s1. The molecule has 4 atom stereocenters. The second-order valence-electron chi connectivity index (χ2n) is 12.2. The molecular weight excluding hydrogens is 677 g/mol. The lowest BCUT2D eigenvalue weighted by Crippen LogP contribution is -2.22. The van der Waals surface area contributed by atoms with Crippen molar-refractivity contribution in [3.63, 3.8) is 0 Å². The molecule has 2 aliphatic carbocycles. The molecule has 0 bridgehead atoms. The molecule has 48 heavy (non-hydrogen) atoms. The highest BCUT2D eigenvalue weighted by molar-refractivity contribution is 7.59. The summed E-state index contributed by atoms with van der Waals surface area (Å²) in [5, 5.41) is 16.0. The Morgan fingerprint density at radius 1 is 0.646 bits per heavy atom. The summed E-state index contributed by atoms with van der Waals surface area (Å²) < 4.78 is 3.80. The molecule has 6 rings (SSSR count). The van der Waals surface area contributed by atoms with E-state index in [4.69, 9.17) is 21.4 Å². The number of anilines is 2. The number of hydrogen-bond donors (Lipinski definition) is 4. The van der Waals surface area contributed by atoms with Crippen molar-refractivity contribution in [2.45, 2.75) is 143 Å². The van der Waals surface area contributed by atoms with E-state index in [9.17, 15) is 0 Å². The minimum atomic E-state index is 0. The van der Waals surface area contributed by atoms with Crippen molar-refractivity contribution < 1.29 is 0 Å². The van der Waals surface area contributed by atoms with Gasteiger partial charge >= 0.3 is 0 Å². The second-order valence-corrected chi connectivity index (χ2v) is 12.2. The molecule has 0 amide bonds. The average Bonchev–Trinajstić information content (AvgIpc) is 3.79. The van der Waals surface area contributed by atoms with Crippen LogP contribution < -0.4 is 22.1 Å². The Labute approximate surface area is 317 Å². The van der Waals surface area contributed by atoms with Crippen LogP contribution in [0.3, 0.4) is 0 Å². The fourth-order valence-electron chi connectivity index (χ4n) is 6.62. The van der Waals surface area contributed by atoms with Crippen molar-refractivity contribution >= 4 is 76.9 Å². The van der Waals surface area contributed by atoms with Gasteiger partial charge in [0.15, 0.2) is 11.3 Å². The minimum absolute atomic E-state index is 0. The van der Waals surface area contributed by atoms with Crippen molar-refractivity contribution in [2.75, 3.05) is 10.6 Å². The van der Waals surface area contributed by atoms with Crippen LogP contribution in [-0.4, -0.2) is 53.4 Å². The molecule has 2 aliphatic rings. The predicted octanol–water partition coefficient (Wildman–Crippen LogP) is 7.57. The quantitative estimate of drug-likeness (QED) is 0.131. The summed E-state index contributed by atoms with van der Waals surface area (Å²) in [6, 6.07) is 9.83. The smallest absolute Gasteiger partial charge is 0.157 e. The minimum Gasteiger partial charge on any atom is -0.367 e. The summed E-state index contributed by atoms with van der Waals surface area (Å²) >= 11 is 0. The number of nitrogens with one attached hydrogen (secondary N) is 2. The molecule has 2 fully saturated rings. The molecule has 0 radical (unpaired) electrons. The van der Waals surface area contributed by atoms with E-state index in [1.165, 1.54) is 0 Å². The van der Waals surface area contributed by atoms with Crippen LogP contribution in [0.15, 0.2) is 36.7 Å². The van der Waals surface area contributed by atoms with E-state index in [0.717, 1.165) is 98.5 Å². The summed E-state index contributed by atoms with van der Waals surface area (Å²) in [6.45, 7) is 8.89. The summed E-state index contributed by atoms with van der Waals surface area (Å²) in [6.07, 6.45) is 14.6. The third kappa shape index (κ3) is 11.6. The predicted molar refractivity (Wildman–Crippen MR) is 226 cm³/mol. The zero-order valence-electron chi connectivity index (χ0n) is 27.8. The topological polar surface area (TPSA) is 136 Å². The average molecular weight is 743 g/mol. The Kier molecular flexibility index (Phi) is 22.9. The molecule has 276 valence electrons. The van der Waals surface area contributed by atoms with E-state index in [1.54, 1.807) is 0 Å². The van der Waals surface area contributed by atoms with Gasteiger partial charge in [-0.15, -0.1) is 0 Å². The van der Waals surface area contributed by atoms with Gasteiger partial charge in [0.05, 0.1) is 12.4 Å². The van der Waals surface area contributed by atoms with Gasteiger partial charge in [-0.1, -0.05) is 42.5 Å². The summed E-state index contributed by atoms with van der Waals surface area (Å²) in [7, 11) is 0. The molecule has 4 aromatic heterocycles. The van der Waals surface area contributed by atoms with Gasteiger partial charge in [0.1, 0.15) is 11.6 Å². The zero-order valence-corrected chi connectivity index (χ0v) is 31.8. The van der Waals surface area contributed by atoms with E-state index in [-0.39, 0.29) is 68.8 Å². The van der Waals surface area contributed by atoms with Crippen LogP contribution in [0, 0.1) is 0 Å². The largest absolute Gasteiger partial charge is 0.367 e. The van der Waals surface area contributed by atoms with Gasteiger partial charge in [0, 0.05) is 71.7 Å². The maximum absolute atomic E-state index is 6.02. The van der Waals surface area contributed by atoms with Crippen LogP contribution in [-0.2, 0) is 0 Å². The van der Waals surface area contributed by atoms with Gasteiger partial charge in [0.25, 0.3) is 0 Å². The Morgan fingerprint density at radius 2 is 1.00 bits per heavy atom. The Balaban J connectivity index is 0.